The lowest BCUT2D eigenvalue weighted by atomic mass is 9.97. The van der Waals surface area contributed by atoms with Gasteiger partial charge in [0.05, 0.1) is 28.9 Å². The first-order valence-electron chi connectivity index (χ1n) is 12.4. The number of nitrogens with zero attached hydrogens (tertiary/aromatic N) is 1. The Morgan fingerprint density at radius 2 is 1.79 bits per heavy atom. The third-order valence-electron chi connectivity index (χ3n) is 6.54. The Labute approximate surface area is 220 Å². The standard InChI is InChI=1S/C30H29N5O3/c1-18-10-19(2)12-22(11-18)30(37)38-17-20-6-8-21(9-7-20)25(13-31)29(36)35-27-5-3-4-24-26(16-32-28(24)27)23-14-33-34-15-23/h3-12,14-16,25,32H,13,17,31H2,1-2H3,(H,33,34)(H,35,36). The minimum atomic E-state index is -0.541. The molecular formula is C30H29N5O3. The normalized spacial score (nSPS) is 11.9. The molecule has 1 unspecified atom stereocenters. The monoisotopic (exact) mass is 507 g/mol. The molecule has 38 heavy (non-hydrogen) atoms. The quantitative estimate of drug-likeness (QED) is 0.215. The summed E-state index contributed by atoms with van der Waals surface area (Å²) in [7, 11) is 0. The maximum atomic E-state index is 13.2. The molecule has 1 amide bonds. The molecule has 0 radical (unpaired) electrons. The summed E-state index contributed by atoms with van der Waals surface area (Å²) in [4.78, 5) is 29.0. The fraction of sp³-hybridized carbons (Fsp3) is 0.167. The maximum Gasteiger partial charge on any atom is 0.338 e. The summed E-state index contributed by atoms with van der Waals surface area (Å²) >= 11 is 0. The van der Waals surface area contributed by atoms with Crippen LogP contribution in [0.5, 0.6) is 0 Å². The molecule has 0 bridgehead atoms. The van der Waals surface area contributed by atoms with Gasteiger partial charge in [0.25, 0.3) is 0 Å². The molecule has 5 rings (SSSR count). The van der Waals surface area contributed by atoms with E-state index in [1.54, 1.807) is 6.20 Å². The fourth-order valence-corrected chi connectivity index (χ4v) is 4.68. The van der Waals surface area contributed by atoms with Gasteiger partial charge in [-0.15, -0.1) is 0 Å². The second-order valence-electron chi connectivity index (χ2n) is 9.39. The summed E-state index contributed by atoms with van der Waals surface area (Å²) < 4.78 is 5.49. The molecule has 8 nitrogen and oxygen atoms in total. The molecule has 0 saturated carbocycles. The number of ether oxygens (including phenoxy) is 1. The molecular weight excluding hydrogens is 478 g/mol. The fourth-order valence-electron chi connectivity index (χ4n) is 4.68. The van der Waals surface area contributed by atoms with Crippen molar-refractivity contribution in [1.29, 1.82) is 0 Å². The van der Waals surface area contributed by atoms with E-state index in [4.69, 9.17) is 10.5 Å². The third kappa shape index (κ3) is 5.21. The average Bonchev–Trinajstić information content (AvgIpc) is 3.58. The van der Waals surface area contributed by atoms with E-state index in [2.05, 4.69) is 20.5 Å². The number of benzene rings is 3. The van der Waals surface area contributed by atoms with Gasteiger partial charge in [0.1, 0.15) is 6.61 Å². The van der Waals surface area contributed by atoms with E-state index >= 15 is 0 Å². The molecule has 0 saturated heterocycles. The largest absolute Gasteiger partial charge is 0.457 e. The number of aromatic nitrogens is 3. The van der Waals surface area contributed by atoms with Crippen molar-refractivity contribution in [3.05, 3.63) is 107 Å². The molecule has 2 heterocycles. The number of esters is 1. The number of hydrogen-bond acceptors (Lipinski definition) is 5. The molecule has 3 aromatic carbocycles. The Bertz CT molecular complexity index is 1570. The van der Waals surface area contributed by atoms with Gasteiger partial charge in [0.2, 0.25) is 5.91 Å². The van der Waals surface area contributed by atoms with Crippen LogP contribution in [0.4, 0.5) is 5.69 Å². The molecule has 5 N–H and O–H groups in total. The van der Waals surface area contributed by atoms with Crippen LogP contribution in [-0.4, -0.2) is 33.6 Å². The van der Waals surface area contributed by atoms with Crippen LogP contribution in [0.1, 0.15) is 38.5 Å². The minimum Gasteiger partial charge on any atom is -0.457 e. The number of rotatable bonds is 8. The number of carbonyl (C=O) groups is 2. The van der Waals surface area contributed by atoms with Crippen molar-refractivity contribution >= 4 is 28.5 Å². The van der Waals surface area contributed by atoms with Crippen molar-refractivity contribution in [2.24, 2.45) is 5.73 Å². The smallest absolute Gasteiger partial charge is 0.338 e. The van der Waals surface area contributed by atoms with Crippen molar-refractivity contribution in [2.45, 2.75) is 26.4 Å². The van der Waals surface area contributed by atoms with Gasteiger partial charge < -0.3 is 20.8 Å². The average molecular weight is 508 g/mol. The number of anilines is 1. The lowest BCUT2D eigenvalue weighted by Crippen LogP contribution is -2.27. The van der Waals surface area contributed by atoms with Crippen molar-refractivity contribution < 1.29 is 14.3 Å². The maximum absolute atomic E-state index is 13.2. The minimum absolute atomic E-state index is 0.138. The van der Waals surface area contributed by atoms with E-state index in [1.165, 1.54) is 0 Å². The first-order chi connectivity index (χ1) is 18.4. The van der Waals surface area contributed by atoms with Gasteiger partial charge in [-0.1, -0.05) is 53.6 Å². The number of nitrogens with two attached hydrogens (primary N) is 1. The summed E-state index contributed by atoms with van der Waals surface area (Å²) in [5.74, 6) is -1.11. The summed E-state index contributed by atoms with van der Waals surface area (Å²) in [6, 6.07) is 18.8. The number of H-pyrrole nitrogens is 2. The van der Waals surface area contributed by atoms with Crippen LogP contribution < -0.4 is 11.1 Å². The highest BCUT2D eigenvalue weighted by atomic mass is 16.5. The van der Waals surface area contributed by atoms with Crippen LogP contribution >= 0.6 is 0 Å². The lowest BCUT2D eigenvalue weighted by Gasteiger charge is -2.16. The van der Waals surface area contributed by atoms with Crippen LogP contribution in [0.25, 0.3) is 22.0 Å². The Hall–Kier alpha value is -4.69. The number of amides is 1. The Morgan fingerprint density at radius 3 is 2.47 bits per heavy atom. The number of nitrogens with one attached hydrogen (secondary N) is 3. The van der Waals surface area contributed by atoms with E-state index in [0.29, 0.717) is 11.3 Å². The number of hydrogen-bond donors (Lipinski definition) is 4. The molecule has 8 heteroatoms. The second-order valence-corrected chi connectivity index (χ2v) is 9.39. The Morgan fingerprint density at radius 1 is 1.03 bits per heavy atom. The van der Waals surface area contributed by atoms with Gasteiger partial charge in [-0.3, -0.25) is 9.89 Å². The highest BCUT2D eigenvalue weighted by Gasteiger charge is 2.21. The summed E-state index contributed by atoms with van der Waals surface area (Å²) in [5, 5.41) is 10.9. The molecule has 192 valence electrons. The van der Waals surface area contributed by atoms with E-state index in [-0.39, 0.29) is 25.0 Å². The van der Waals surface area contributed by atoms with Crippen LogP contribution in [0.3, 0.4) is 0 Å². The summed E-state index contributed by atoms with van der Waals surface area (Å²) in [5.41, 5.74) is 13.6. The van der Waals surface area contributed by atoms with E-state index in [1.807, 2.05) is 86.9 Å². The zero-order chi connectivity index (χ0) is 26.6. The Balaban J connectivity index is 1.26. The van der Waals surface area contributed by atoms with E-state index in [9.17, 15) is 9.59 Å². The Kier molecular flexibility index (Phi) is 7.06. The SMILES string of the molecule is Cc1cc(C)cc(C(=O)OCc2ccc(C(CN)C(=O)Nc3cccc4c(-c5cn[nH]c5)c[nH]c34)cc2)c1. The topological polar surface area (TPSA) is 126 Å². The van der Waals surface area contributed by atoms with Gasteiger partial charge >= 0.3 is 5.97 Å². The van der Waals surface area contributed by atoms with Gasteiger partial charge in [-0.2, -0.15) is 5.10 Å². The van der Waals surface area contributed by atoms with Crippen LogP contribution in [0.2, 0.25) is 0 Å². The van der Waals surface area contributed by atoms with E-state index < -0.39 is 5.92 Å². The van der Waals surface area contributed by atoms with Crippen LogP contribution in [0.15, 0.2) is 79.3 Å². The third-order valence-corrected chi connectivity index (χ3v) is 6.54. The summed E-state index contributed by atoms with van der Waals surface area (Å²) in [6.07, 6.45) is 5.48. The number of para-hydroxylation sites is 1. The van der Waals surface area contributed by atoms with Crippen molar-refractivity contribution in [3.63, 3.8) is 0 Å². The molecule has 0 aliphatic rings. The predicted molar refractivity (Wildman–Crippen MR) is 148 cm³/mol. The second kappa shape index (κ2) is 10.7. The van der Waals surface area contributed by atoms with Gasteiger partial charge in [-0.05, 0) is 43.2 Å². The number of carbonyl (C=O) groups excluding carboxylic acids is 2. The first kappa shape index (κ1) is 25.0. The highest BCUT2D eigenvalue weighted by molar-refractivity contribution is 6.07. The zero-order valence-electron chi connectivity index (χ0n) is 21.2. The van der Waals surface area contributed by atoms with Crippen molar-refractivity contribution in [3.8, 4) is 11.1 Å². The van der Waals surface area contributed by atoms with Crippen LogP contribution in [0, 0.1) is 13.8 Å². The molecule has 0 aliphatic carbocycles. The van der Waals surface area contributed by atoms with Gasteiger partial charge in [-0.25, -0.2) is 4.79 Å². The van der Waals surface area contributed by atoms with Crippen LogP contribution in [-0.2, 0) is 16.1 Å². The van der Waals surface area contributed by atoms with E-state index in [0.717, 1.165) is 44.3 Å². The number of aryl methyl sites for hydroxylation is 2. The lowest BCUT2D eigenvalue weighted by molar-refractivity contribution is -0.117. The van der Waals surface area contributed by atoms with Gasteiger partial charge in [0, 0.05) is 35.5 Å². The predicted octanol–water partition coefficient (Wildman–Crippen LogP) is 5.21. The van der Waals surface area contributed by atoms with Crippen molar-refractivity contribution in [2.75, 3.05) is 11.9 Å². The molecule has 5 aromatic rings. The molecule has 1 atom stereocenters. The number of aromatic amines is 2. The highest BCUT2D eigenvalue weighted by Crippen LogP contribution is 2.32. The summed E-state index contributed by atoms with van der Waals surface area (Å²) in [6.45, 7) is 4.18. The zero-order valence-corrected chi connectivity index (χ0v) is 21.2. The van der Waals surface area contributed by atoms with Crippen molar-refractivity contribution in [1.82, 2.24) is 15.2 Å². The molecule has 0 fully saturated rings. The first-order valence-corrected chi connectivity index (χ1v) is 12.4. The number of fused-ring (bicyclic) bond motifs is 1. The molecule has 2 aromatic heterocycles. The van der Waals surface area contributed by atoms with Gasteiger partial charge in [0.15, 0.2) is 0 Å². The molecule has 0 aliphatic heterocycles. The molecule has 0 spiro atoms.